The number of nitrogens with zero attached hydrogens (tertiary/aromatic N) is 1. The van der Waals surface area contributed by atoms with E-state index in [9.17, 15) is 0 Å². The van der Waals surface area contributed by atoms with E-state index in [4.69, 9.17) is 5.73 Å². The van der Waals surface area contributed by atoms with Crippen molar-refractivity contribution in [3.8, 4) is 0 Å². The van der Waals surface area contributed by atoms with E-state index in [-0.39, 0.29) is 0 Å². The van der Waals surface area contributed by atoms with Gasteiger partial charge in [-0.15, -0.1) is 0 Å². The molecule has 1 saturated heterocycles. The Morgan fingerprint density at radius 1 is 1.31 bits per heavy atom. The summed E-state index contributed by atoms with van der Waals surface area (Å²) in [6.45, 7) is 5.80. The highest BCUT2D eigenvalue weighted by atomic mass is 32.2. The van der Waals surface area contributed by atoms with Crippen molar-refractivity contribution in [2.45, 2.75) is 44.6 Å². The van der Waals surface area contributed by atoms with Gasteiger partial charge >= 0.3 is 0 Å². The molecule has 2 atom stereocenters. The second-order valence-electron chi connectivity index (χ2n) is 5.58. The van der Waals surface area contributed by atoms with Gasteiger partial charge in [-0.25, -0.2) is 0 Å². The molecule has 0 amide bonds. The average Bonchev–Trinajstić information content (AvgIpc) is 2.57. The molecule has 2 aliphatic rings. The smallest absolute Gasteiger partial charge is 0.0334 e. The molecule has 2 unspecified atom stereocenters. The fraction of sp³-hybridized carbons (Fsp3) is 1.00. The van der Waals surface area contributed by atoms with Crippen molar-refractivity contribution < 1.29 is 0 Å². The summed E-state index contributed by atoms with van der Waals surface area (Å²) in [7, 11) is 0. The van der Waals surface area contributed by atoms with E-state index in [1.165, 1.54) is 56.7 Å². The molecule has 0 bridgehead atoms. The van der Waals surface area contributed by atoms with Gasteiger partial charge in [-0.2, -0.15) is 11.8 Å². The van der Waals surface area contributed by atoms with Gasteiger partial charge in [0.2, 0.25) is 0 Å². The lowest BCUT2D eigenvalue weighted by Crippen LogP contribution is -2.56. The molecule has 1 heterocycles. The van der Waals surface area contributed by atoms with Crippen molar-refractivity contribution in [1.29, 1.82) is 0 Å². The van der Waals surface area contributed by atoms with Crippen LogP contribution in [0.15, 0.2) is 0 Å². The van der Waals surface area contributed by atoms with E-state index >= 15 is 0 Å². The molecule has 16 heavy (non-hydrogen) atoms. The zero-order valence-corrected chi connectivity index (χ0v) is 11.4. The summed E-state index contributed by atoms with van der Waals surface area (Å²) in [6.07, 6.45) is 6.79. The van der Waals surface area contributed by atoms with E-state index in [0.717, 1.165) is 12.5 Å². The van der Waals surface area contributed by atoms with Crippen molar-refractivity contribution in [3.05, 3.63) is 0 Å². The number of thioether (sulfide) groups is 1. The summed E-state index contributed by atoms with van der Waals surface area (Å²) in [5.74, 6) is 3.51. The minimum atomic E-state index is 0.350. The number of hydrogen-bond donors (Lipinski definition) is 1. The fourth-order valence-corrected chi connectivity index (χ4v) is 4.34. The molecular formula is C13H26N2S. The third-order valence-corrected chi connectivity index (χ3v) is 5.39. The van der Waals surface area contributed by atoms with Crippen molar-refractivity contribution >= 4 is 11.8 Å². The normalized spacial score (nSPS) is 38.2. The first-order valence-electron chi connectivity index (χ1n) is 6.80. The highest BCUT2D eigenvalue weighted by Gasteiger charge is 2.38. The van der Waals surface area contributed by atoms with Crippen LogP contribution in [0.25, 0.3) is 0 Å². The Labute approximate surface area is 104 Å². The highest BCUT2D eigenvalue weighted by Crippen LogP contribution is 2.37. The molecule has 1 aliphatic carbocycles. The fourth-order valence-electron chi connectivity index (χ4n) is 3.45. The lowest BCUT2D eigenvalue weighted by atomic mass is 9.75. The maximum absolute atomic E-state index is 6.13. The van der Waals surface area contributed by atoms with Gasteiger partial charge in [0.15, 0.2) is 0 Å². The summed E-state index contributed by atoms with van der Waals surface area (Å²) < 4.78 is 0. The van der Waals surface area contributed by atoms with E-state index in [1.807, 2.05) is 0 Å². The molecule has 0 aromatic rings. The molecule has 0 aromatic heterocycles. The number of hydrogen-bond acceptors (Lipinski definition) is 3. The molecule has 1 saturated carbocycles. The third kappa shape index (κ3) is 2.74. The van der Waals surface area contributed by atoms with E-state index < -0.39 is 0 Å². The molecular weight excluding hydrogens is 216 g/mol. The summed E-state index contributed by atoms with van der Waals surface area (Å²) in [6, 6.07) is 0. The number of nitrogens with two attached hydrogens (primary N) is 1. The zero-order valence-electron chi connectivity index (χ0n) is 10.6. The van der Waals surface area contributed by atoms with Crippen LogP contribution < -0.4 is 5.73 Å². The Morgan fingerprint density at radius 2 is 2.19 bits per heavy atom. The van der Waals surface area contributed by atoms with Crippen LogP contribution in [0.4, 0.5) is 0 Å². The molecule has 2 N–H and O–H groups in total. The van der Waals surface area contributed by atoms with Crippen LogP contribution >= 0.6 is 11.8 Å². The van der Waals surface area contributed by atoms with Gasteiger partial charge in [-0.3, -0.25) is 4.90 Å². The minimum Gasteiger partial charge on any atom is -0.329 e. The van der Waals surface area contributed by atoms with Crippen LogP contribution in [0.5, 0.6) is 0 Å². The summed E-state index contributed by atoms with van der Waals surface area (Å²) >= 11 is 2.11. The zero-order chi connectivity index (χ0) is 11.4. The molecule has 0 radical (unpaired) electrons. The van der Waals surface area contributed by atoms with Crippen molar-refractivity contribution in [2.75, 3.05) is 31.1 Å². The lowest BCUT2D eigenvalue weighted by molar-refractivity contribution is 0.0456. The van der Waals surface area contributed by atoms with Gasteiger partial charge in [0.25, 0.3) is 0 Å². The Hall–Kier alpha value is 0.270. The van der Waals surface area contributed by atoms with Gasteiger partial charge in [0, 0.05) is 24.4 Å². The lowest BCUT2D eigenvalue weighted by Gasteiger charge is -2.47. The summed E-state index contributed by atoms with van der Waals surface area (Å²) in [5, 5.41) is 0. The van der Waals surface area contributed by atoms with Gasteiger partial charge in [-0.1, -0.05) is 19.8 Å². The van der Waals surface area contributed by atoms with E-state index in [1.54, 1.807) is 0 Å². The molecule has 2 fully saturated rings. The maximum Gasteiger partial charge on any atom is 0.0334 e. The SMILES string of the molecule is CC1CCCC(CN)(N2CCCSCC2)C1. The van der Waals surface area contributed by atoms with E-state index in [2.05, 4.69) is 23.6 Å². The Kier molecular flexibility index (Phi) is 4.57. The molecule has 94 valence electrons. The largest absolute Gasteiger partial charge is 0.329 e. The first-order valence-corrected chi connectivity index (χ1v) is 7.95. The van der Waals surface area contributed by atoms with Crippen LogP contribution in [0.1, 0.15) is 39.0 Å². The van der Waals surface area contributed by atoms with Gasteiger partial charge in [-0.05, 0) is 37.5 Å². The van der Waals surface area contributed by atoms with Crippen LogP contribution in [-0.4, -0.2) is 41.6 Å². The predicted octanol–water partition coefficient (Wildman–Crippen LogP) is 2.33. The van der Waals surface area contributed by atoms with Crippen molar-refractivity contribution in [3.63, 3.8) is 0 Å². The first-order chi connectivity index (χ1) is 7.77. The predicted molar refractivity (Wildman–Crippen MR) is 72.9 cm³/mol. The standard InChI is InChI=1S/C13H26N2S/c1-12-4-2-5-13(10-12,11-14)15-6-3-8-16-9-7-15/h12H,2-11,14H2,1H3. The molecule has 0 spiro atoms. The van der Waals surface area contributed by atoms with E-state index in [0.29, 0.717) is 5.54 Å². The molecule has 3 heteroatoms. The molecule has 2 rings (SSSR count). The summed E-state index contributed by atoms with van der Waals surface area (Å²) in [5.41, 5.74) is 6.48. The molecule has 1 aliphatic heterocycles. The third-order valence-electron chi connectivity index (χ3n) is 4.34. The van der Waals surface area contributed by atoms with Crippen LogP contribution in [0.2, 0.25) is 0 Å². The minimum absolute atomic E-state index is 0.350. The van der Waals surface area contributed by atoms with Gasteiger partial charge in [0.1, 0.15) is 0 Å². The van der Waals surface area contributed by atoms with Crippen molar-refractivity contribution in [1.82, 2.24) is 4.90 Å². The van der Waals surface area contributed by atoms with Crippen LogP contribution in [-0.2, 0) is 0 Å². The maximum atomic E-state index is 6.13. The monoisotopic (exact) mass is 242 g/mol. The molecule has 2 nitrogen and oxygen atoms in total. The van der Waals surface area contributed by atoms with Crippen LogP contribution in [0, 0.1) is 5.92 Å². The van der Waals surface area contributed by atoms with Gasteiger partial charge in [0.05, 0.1) is 0 Å². The Balaban J connectivity index is 2.05. The van der Waals surface area contributed by atoms with Gasteiger partial charge < -0.3 is 5.73 Å². The molecule has 0 aromatic carbocycles. The highest BCUT2D eigenvalue weighted by molar-refractivity contribution is 7.99. The Bertz CT molecular complexity index is 214. The van der Waals surface area contributed by atoms with Crippen LogP contribution in [0.3, 0.4) is 0 Å². The first kappa shape index (κ1) is 12.7. The summed E-state index contributed by atoms with van der Waals surface area (Å²) in [4.78, 5) is 2.72. The van der Waals surface area contributed by atoms with Crippen molar-refractivity contribution in [2.24, 2.45) is 11.7 Å². The Morgan fingerprint density at radius 3 is 2.94 bits per heavy atom. The average molecular weight is 242 g/mol. The quantitative estimate of drug-likeness (QED) is 0.806. The second kappa shape index (κ2) is 5.74. The second-order valence-corrected chi connectivity index (χ2v) is 6.81. The number of rotatable bonds is 2. The topological polar surface area (TPSA) is 29.3 Å².